The van der Waals surface area contributed by atoms with Crippen LogP contribution in [0.25, 0.3) is 0 Å². The zero-order valence-corrected chi connectivity index (χ0v) is 18.3. The van der Waals surface area contributed by atoms with E-state index in [9.17, 15) is 0 Å². The van der Waals surface area contributed by atoms with Crippen LogP contribution in [0.15, 0.2) is 41.4 Å². The van der Waals surface area contributed by atoms with Gasteiger partial charge in [-0.2, -0.15) is 0 Å². The van der Waals surface area contributed by atoms with Gasteiger partial charge in [0.2, 0.25) is 0 Å². The largest absolute Gasteiger partial charge is 0.490 e. The van der Waals surface area contributed by atoms with Gasteiger partial charge in [-0.15, -0.1) is 0 Å². The van der Waals surface area contributed by atoms with E-state index in [1.165, 1.54) is 5.56 Å². The summed E-state index contributed by atoms with van der Waals surface area (Å²) in [7, 11) is 1.77. The monoisotopic (exact) mass is 425 g/mol. The van der Waals surface area contributed by atoms with Crippen LogP contribution in [-0.4, -0.2) is 45.5 Å². The molecule has 0 bridgehead atoms. The summed E-state index contributed by atoms with van der Waals surface area (Å²) in [5, 5.41) is 6.76. The van der Waals surface area contributed by atoms with Gasteiger partial charge < -0.3 is 29.6 Å². The fraction of sp³-hybridized carbons (Fsp3) is 0.458. The van der Waals surface area contributed by atoms with Crippen molar-refractivity contribution in [2.24, 2.45) is 4.99 Å². The number of guanidine groups is 1. The summed E-state index contributed by atoms with van der Waals surface area (Å²) in [4.78, 5) is 4.36. The zero-order chi connectivity index (χ0) is 21.5. The lowest BCUT2D eigenvalue weighted by atomic mass is 10.1. The Balaban J connectivity index is 1.37. The summed E-state index contributed by atoms with van der Waals surface area (Å²) in [6.45, 7) is 6.03. The SMILES string of the molecule is CN=C(NCc1ccc(C)cc1OC1CCOC1)NCc1cccc2c1OCCCO2. The van der Waals surface area contributed by atoms with Crippen LogP contribution in [0.5, 0.6) is 17.2 Å². The molecule has 0 spiro atoms. The second kappa shape index (κ2) is 10.4. The summed E-state index contributed by atoms with van der Waals surface area (Å²) in [6.07, 6.45) is 1.93. The quantitative estimate of drug-likeness (QED) is 0.547. The lowest BCUT2D eigenvalue weighted by molar-refractivity contribution is 0.140. The minimum absolute atomic E-state index is 0.119. The van der Waals surface area contributed by atoms with Gasteiger partial charge in [-0.1, -0.05) is 24.3 Å². The fourth-order valence-electron chi connectivity index (χ4n) is 3.67. The summed E-state index contributed by atoms with van der Waals surface area (Å²) < 4.78 is 23.3. The molecule has 7 heteroatoms. The predicted octanol–water partition coefficient (Wildman–Crippen LogP) is 3.19. The van der Waals surface area contributed by atoms with Crippen molar-refractivity contribution in [2.45, 2.75) is 39.0 Å². The molecule has 0 amide bonds. The average molecular weight is 426 g/mol. The molecule has 0 saturated carbocycles. The van der Waals surface area contributed by atoms with Crippen LogP contribution in [-0.2, 0) is 17.8 Å². The van der Waals surface area contributed by atoms with Crippen LogP contribution in [0.2, 0.25) is 0 Å². The molecule has 166 valence electrons. The van der Waals surface area contributed by atoms with E-state index in [-0.39, 0.29) is 6.10 Å². The highest BCUT2D eigenvalue weighted by atomic mass is 16.5. The van der Waals surface area contributed by atoms with Gasteiger partial charge in [0.1, 0.15) is 11.9 Å². The number of benzene rings is 2. The number of hydrogen-bond donors (Lipinski definition) is 2. The number of ether oxygens (including phenoxy) is 4. The third-order valence-corrected chi connectivity index (χ3v) is 5.37. The summed E-state index contributed by atoms with van der Waals surface area (Å²) in [5.74, 6) is 3.23. The molecule has 1 fully saturated rings. The number of aliphatic imine (C=N–C) groups is 1. The third-order valence-electron chi connectivity index (χ3n) is 5.37. The first-order chi connectivity index (χ1) is 15.2. The van der Waals surface area contributed by atoms with Crippen molar-refractivity contribution in [3.8, 4) is 17.2 Å². The Kier molecular flexibility index (Phi) is 7.14. The molecule has 2 N–H and O–H groups in total. The minimum Gasteiger partial charge on any atom is -0.490 e. The van der Waals surface area contributed by atoms with Crippen molar-refractivity contribution in [1.82, 2.24) is 10.6 Å². The van der Waals surface area contributed by atoms with Crippen molar-refractivity contribution in [3.63, 3.8) is 0 Å². The first-order valence-electron chi connectivity index (χ1n) is 10.9. The Bertz CT molecular complexity index is 910. The molecule has 2 aromatic rings. The van der Waals surface area contributed by atoms with Gasteiger partial charge in [-0.3, -0.25) is 4.99 Å². The van der Waals surface area contributed by atoms with E-state index >= 15 is 0 Å². The van der Waals surface area contributed by atoms with E-state index in [0.717, 1.165) is 47.8 Å². The summed E-state index contributed by atoms with van der Waals surface area (Å²) >= 11 is 0. The minimum atomic E-state index is 0.119. The van der Waals surface area contributed by atoms with Crippen molar-refractivity contribution in [2.75, 3.05) is 33.5 Å². The Morgan fingerprint density at radius 3 is 2.71 bits per heavy atom. The highest BCUT2D eigenvalue weighted by Gasteiger charge is 2.19. The van der Waals surface area contributed by atoms with Gasteiger partial charge >= 0.3 is 0 Å². The maximum Gasteiger partial charge on any atom is 0.191 e. The number of nitrogens with zero attached hydrogens (tertiary/aromatic N) is 1. The lowest BCUT2D eigenvalue weighted by Gasteiger charge is -2.18. The number of aryl methyl sites for hydroxylation is 1. The molecular weight excluding hydrogens is 394 g/mol. The normalized spacial score (nSPS) is 18.4. The molecule has 2 aromatic carbocycles. The third kappa shape index (κ3) is 5.61. The van der Waals surface area contributed by atoms with Crippen LogP contribution >= 0.6 is 0 Å². The maximum absolute atomic E-state index is 6.20. The number of hydrogen-bond acceptors (Lipinski definition) is 5. The van der Waals surface area contributed by atoms with Crippen molar-refractivity contribution >= 4 is 5.96 Å². The van der Waals surface area contributed by atoms with E-state index in [4.69, 9.17) is 18.9 Å². The first kappa shape index (κ1) is 21.3. The highest BCUT2D eigenvalue weighted by Crippen LogP contribution is 2.33. The molecule has 7 nitrogen and oxygen atoms in total. The van der Waals surface area contributed by atoms with Gasteiger partial charge in [0.15, 0.2) is 17.5 Å². The van der Waals surface area contributed by atoms with E-state index in [2.05, 4.69) is 40.7 Å². The van der Waals surface area contributed by atoms with E-state index in [1.807, 2.05) is 18.2 Å². The highest BCUT2D eigenvalue weighted by molar-refractivity contribution is 5.79. The second-order valence-electron chi connectivity index (χ2n) is 7.79. The van der Waals surface area contributed by atoms with Gasteiger partial charge in [0.05, 0.1) is 26.4 Å². The molecule has 1 unspecified atom stereocenters. The van der Waals surface area contributed by atoms with Crippen molar-refractivity contribution < 1.29 is 18.9 Å². The van der Waals surface area contributed by atoms with Crippen molar-refractivity contribution in [3.05, 3.63) is 53.1 Å². The second-order valence-corrected chi connectivity index (χ2v) is 7.79. The number of rotatable bonds is 6. The van der Waals surface area contributed by atoms with Gasteiger partial charge in [-0.25, -0.2) is 0 Å². The standard InChI is InChI=1S/C24H31N3O4/c1-17-7-8-18(22(13-17)31-20-9-12-28-16-20)14-26-24(25-2)27-15-19-5-3-6-21-23(19)30-11-4-10-29-21/h3,5-8,13,20H,4,9-12,14-16H2,1-2H3,(H2,25,26,27). The Morgan fingerprint density at radius 1 is 1.06 bits per heavy atom. The molecule has 1 atom stereocenters. The Labute approximate surface area is 183 Å². The Morgan fingerprint density at radius 2 is 1.90 bits per heavy atom. The molecule has 2 aliphatic heterocycles. The zero-order valence-electron chi connectivity index (χ0n) is 18.3. The smallest absolute Gasteiger partial charge is 0.191 e. The molecular formula is C24H31N3O4. The fourth-order valence-corrected chi connectivity index (χ4v) is 3.67. The van der Waals surface area contributed by atoms with E-state index < -0.39 is 0 Å². The lowest BCUT2D eigenvalue weighted by Crippen LogP contribution is -2.36. The Hall–Kier alpha value is -2.93. The van der Waals surface area contributed by atoms with Crippen LogP contribution in [0, 0.1) is 6.92 Å². The average Bonchev–Trinajstić information content (AvgIpc) is 3.17. The summed E-state index contributed by atoms with van der Waals surface area (Å²) in [5.41, 5.74) is 3.31. The molecule has 0 aliphatic carbocycles. The first-order valence-corrected chi connectivity index (χ1v) is 10.9. The van der Waals surface area contributed by atoms with E-state index in [0.29, 0.717) is 38.9 Å². The summed E-state index contributed by atoms with van der Waals surface area (Å²) in [6, 6.07) is 12.3. The number of para-hydroxylation sites is 1. The van der Waals surface area contributed by atoms with Crippen molar-refractivity contribution in [1.29, 1.82) is 0 Å². The number of nitrogens with one attached hydrogen (secondary N) is 2. The molecule has 0 aromatic heterocycles. The molecule has 31 heavy (non-hydrogen) atoms. The topological polar surface area (TPSA) is 73.3 Å². The van der Waals surface area contributed by atoms with Crippen LogP contribution < -0.4 is 24.8 Å². The van der Waals surface area contributed by atoms with Gasteiger partial charge in [-0.05, 0) is 24.6 Å². The van der Waals surface area contributed by atoms with Crippen LogP contribution in [0.1, 0.15) is 29.5 Å². The predicted molar refractivity (Wildman–Crippen MR) is 120 cm³/mol. The van der Waals surface area contributed by atoms with Crippen LogP contribution in [0.3, 0.4) is 0 Å². The molecule has 2 heterocycles. The molecule has 2 aliphatic rings. The van der Waals surface area contributed by atoms with Crippen LogP contribution in [0.4, 0.5) is 0 Å². The van der Waals surface area contributed by atoms with E-state index in [1.54, 1.807) is 7.05 Å². The molecule has 1 saturated heterocycles. The van der Waals surface area contributed by atoms with Gasteiger partial charge in [0, 0.05) is 44.1 Å². The maximum atomic E-state index is 6.20. The number of fused-ring (bicyclic) bond motifs is 1. The molecule has 4 rings (SSSR count). The van der Waals surface area contributed by atoms with Gasteiger partial charge in [0.25, 0.3) is 0 Å². The molecule has 0 radical (unpaired) electrons.